The van der Waals surface area contributed by atoms with Crippen molar-refractivity contribution in [1.82, 2.24) is 0 Å². The minimum absolute atomic E-state index is 0.00102. The van der Waals surface area contributed by atoms with Gasteiger partial charge in [0, 0.05) is 34.6 Å². The Morgan fingerprint density at radius 3 is 2.65 bits per heavy atom. The van der Waals surface area contributed by atoms with Crippen LogP contribution in [0.2, 0.25) is 0 Å². The molecule has 1 aliphatic rings. The van der Waals surface area contributed by atoms with Crippen molar-refractivity contribution in [2.75, 3.05) is 7.11 Å². The molecule has 1 aromatic carbocycles. The van der Waals surface area contributed by atoms with E-state index in [0.29, 0.717) is 16.7 Å². The quantitative estimate of drug-likeness (QED) is 0.492. The highest BCUT2D eigenvalue weighted by atomic mass is 16.5. The van der Waals surface area contributed by atoms with Crippen molar-refractivity contribution in [3.63, 3.8) is 0 Å². The number of rotatable bonds is 1. The summed E-state index contributed by atoms with van der Waals surface area (Å²) in [6, 6.07) is 6.97. The van der Waals surface area contributed by atoms with Crippen molar-refractivity contribution in [3.8, 4) is 11.8 Å². The zero-order valence-electron chi connectivity index (χ0n) is 13.8. The van der Waals surface area contributed by atoms with E-state index in [2.05, 4.69) is 16.6 Å². The Labute approximate surface area is 136 Å². The lowest BCUT2D eigenvalue weighted by molar-refractivity contribution is -0.134. The second-order valence-electron chi connectivity index (χ2n) is 6.34. The number of fused-ring (bicyclic) bond motifs is 1. The van der Waals surface area contributed by atoms with Crippen LogP contribution in [0.25, 0.3) is 0 Å². The topological polar surface area (TPSA) is 63.6 Å². The van der Waals surface area contributed by atoms with Gasteiger partial charge in [0.1, 0.15) is 0 Å². The Morgan fingerprint density at radius 1 is 1.35 bits per heavy atom. The smallest absolute Gasteiger partial charge is 0.331 e. The van der Waals surface area contributed by atoms with E-state index in [1.54, 1.807) is 31.2 Å². The molecule has 1 N–H and O–H groups in total. The molecule has 0 fully saturated rings. The van der Waals surface area contributed by atoms with Crippen LogP contribution in [0.3, 0.4) is 0 Å². The minimum Gasteiger partial charge on any atom is -0.466 e. The molecule has 0 bridgehead atoms. The number of methoxy groups -OCH3 is 1. The average Bonchev–Trinajstić information content (AvgIpc) is 2.50. The number of esters is 1. The molecular weight excluding hydrogens is 292 g/mol. The third-order valence-electron chi connectivity index (χ3n) is 4.18. The highest BCUT2D eigenvalue weighted by molar-refractivity contribution is 6.00. The molecule has 1 unspecified atom stereocenters. The molecule has 4 heteroatoms. The van der Waals surface area contributed by atoms with Crippen molar-refractivity contribution >= 4 is 11.8 Å². The lowest BCUT2D eigenvalue weighted by atomic mass is 9.62. The molecular formula is C19H20O4. The normalized spacial score (nSPS) is 22.7. The monoisotopic (exact) mass is 312 g/mol. The maximum absolute atomic E-state index is 12.3. The van der Waals surface area contributed by atoms with E-state index in [4.69, 9.17) is 0 Å². The number of ether oxygens (including phenoxy) is 1. The molecule has 0 heterocycles. The first-order chi connectivity index (χ1) is 10.7. The average molecular weight is 312 g/mol. The number of allylic oxidation sites excluding steroid dienone is 1. The molecule has 0 aliphatic heterocycles. The van der Waals surface area contributed by atoms with Crippen LogP contribution in [0.15, 0.2) is 35.9 Å². The zero-order valence-corrected chi connectivity index (χ0v) is 13.8. The third-order valence-corrected chi connectivity index (χ3v) is 4.18. The van der Waals surface area contributed by atoms with Gasteiger partial charge in [0.25, 0.3) is 0 Å². The molecule has 120 valence electrons. The standard InChI is InChI=1S/C19H20O4/c1-13(11-17(21)23-4)9-10-19(22)15-8-6-5-7-14(15)16(20)12-18(19,2)3/h5-8,11,22H,12H2,1-4H3/b13-11+. The maximum atomic E-state index is 12.3. The van der Waals surface area contributed by atoms with Crippen LogP contribution in [-0.4, -0.2) is 24.0 Å². The molecule has 2 rings (SSSR count). The third kappa shape index (κ3) is 3.06. The summed E-state index contributed by atoms with van der Waals surface area (Å²) in [6.45, 7) is 5.30. The summed E-state index contributed by atoms with van der Waals surface area (Å²) in [5.41, 5.74) is -0.715. The van der Waals surface area contributed by atoms with Gasteiger partial charge in [0.2, 0.25) is 0 Å². The van der Waals surface area contributed by atoms with Gasteiger partial charge < -0.3 is 9.84 Å². The summed E-state index contributed by atoms with van der Waals surface area (Å²) >= 11 is 0. The van der Waals surface area contributed by atoms with E-state index in [0.717, 1.165) is 0 Å². The van der Waals surface area contributed by atoms with E-state index in [-0.39, 0.29) is 12.2 Å². The van der Waals surface area contributed by atoms with Crippen LogP contribution >= 0.6 is 0 Å². The number of Topliss-reactive ketones (excluding diaryl/α,β-unsaturated/α-hetero) is 1. The van der Waals surface area contributed by atoms with Crippen molar-refractivity contribution in [2.24, 2.45) is 5.41 Å². The fraction of sp³-hybridized carbons (Fsp3) is 0.368. The van der Waals surface area contributed by atoms with Gasteiger partial charge in [-0.3, -0.25) is 4.79 Å². The number of hydrogen-bond donors (Lipinski definition) is 1. The molecule has 1 aliphatic carbocycles. The second kappa shape index (κ2) is 6.02. The second-order valence-corrected chi connectivity index (χ2v) is 6.34. The first kappa shape index (κ1) is 17.0. The van der Waals surface area contributed by atoms with Crippen LogP contribution in [0.1, 0.15) is 43.1 Å². The summed E-state index contributed by atoms with van der Waals surface area (Å²) in [7, 11) is 1.29. The first-order valence-corrected chi connectivity index (χ1v) is 7.36. The summed E-state index contributed by atoms with van der Waals surface area (Å²) in [5.74, 6) is 5.19. The van der Waals surface area contributed by atoms with Crippen molar-refractivity contribution in [2.45, 2.75) is 32.8 Å². The Morgan fingerprint density at radius 2 is 2.00 bits per heavy atom. The summed E-state index contributed by atoms with van der Waals surface area (Å²) in [5, 5.41) is 11.2. The molecule has 0 aromatic heterocycles. The highest BCUT2D eigenvalue weighted by Crippen LogP contribution is 2.47. The van der Waals surface area contributed by atoms with E-state index >= 15 is 0 Å². The molecule has 0 spiro atoms. The Kier molecular flexibility index (Phi) is 4.44. The Bertz CT molecular complexity index is 746. The van der Waals surface area contributed by atoms with Gasteiger partial charge in [-0.2, -0.15) is 0 Å². The minimum atomic E-state index is -1.47. The van der Waals surface area contributed by atoms with E-state index in [9.17, 15) is 14.7 Å². The fourth-order valence-electron chi connectivity index (χ4n) is 2.73. The highest BCUT2D eigenvalue weighted by Gasteiger charge is 2.50. The van der Waals surface area contributed by atoms with Gasteiger partial charge in [0.05, 0.1) is 7.11 Å². The van der Waals surface area contributed by atoms with Crippen molar-refractivity contribution in [3.05, 3.63) is 47.0 Å². The Balaban J connectivity index is 2.55. The summed E-state index contributed by atoms with van der Waals surface area (Å²) in [4.78, 5) is 23.5. The van der Waals surface area contributed by atoms with Gasteiger partial charge in [-0.05, 0) is 6.92 Å². The summed E-state index contributed by atoms with van der Waals surface area (Å²) in [6.07, 6.45) is 1.47. The van der Waals surface area contributed by atoms with Gasteiger partial charge in [-0.1, -0.05) is 50.0 Å². The number of carbonyl (C=O) groups excluding carboxylic acids is 2. The van der Waals surface area contributed by atoms with Gasteiger partial charge in [-0.25, -0.2) is 4.79 Å². The van der Waals surface area contributed by atoms with Crippen LogP contribution in [0, 0.1) is 17.3 Å². The zero-order chi connectivity index (χ0) is 17.3. The largest absolute Gasteiger partial charge is 0.466 e. The van der Waals surface area contributed by atoms with Gasteiger partial charge in [-0.15, -0.1) is 0 Å². The number of benzene rings is 1. The van der Waals surface area contributed by atoms with Crippen LogP contribution in [-0.2, 0) is 15.1 Å². The molecule has 4 nitrogen and oxygen atoms in total. The van der Waals surface area contributed by atoms with E-state index in [1.807, 2.05) is 13.8 Å². The molecule has 1 atom stereocenters. The van der Waals surface area contributed by atoms with Gasteiger partial charge >= 0.3 is 5.97 Å². The lowest BCUT2D eigenvalue weighted by Crippen LogP contribution is -2.46. The molecule has 0 saturated carbocycles. The molecule has 0 saturated heterocycles. The Hall–Kier alpha value is -2.38. The van der Waals surface area contributed by atoms with Crippen LogP contribution in [0.4, 0.5) is 0 Å². The molecule has 1 aromatic rings. The number of ketones is 1. The number of hydrogen-bond acceptors (Lipinski definition) is 4. The predicted molar refractivity (Wildman–Crippen MR) is 86.6 cm³/mol. The van der Waals surface area contributed by atoms with Crippen LogP contribution in [0.5, 0.6) is 0 Å². The maximum Gasteiger partial charge on any atom is 0.331 e. The predicted octanol–water partition coefficient (Wildman–Crippen LogP) is 2.61. The van der Waals surface area contributed by atoms with Crippen molar-refractivity contribution in [1.29, 1.82) is 0 Å². The SMILES string of the molecule is COC(=O)/C=C(\C)C#CC1(O)c2ccccc2C(=O)CC1(C)C. The number of aliphatic hydroxyl groups is 1. The molecule has 0 radical (unpaired) electrons. The van der Waals surface area contributed by atoms with E-state index < -0.39 is 17.0 Å². The fourth-order valence-corrected chi connectivity index (χ4v) is 2.73. The first-order valence-electron chi connectivity index (χ1n) is 7.36. The van der Waals surface area contributed by atoms with Crippen LogP contribution < -0.4 is 0 Å². The molecule has 0 amide bonds. The van der Waals surface area contributed by atoms with Gasteiger partial charge in [0.15, 0.2) is 11.4 Å². The lowest BCUT2D eigenvalue weighted by Gasteiger charge is -2.43. The van der Waals surface area contributed by atoms with Crippen molar-refractivity contribution < 1.29 is 19.4 Å². The summed E-state index contributed by atoms with van der Waals surface area (Å²) < 4.78 is 4.56. The molecule has 23 heavy (non-hydrogen) atoms. The number of carbonyl (C=O) groups is 2. The van der Waals surface area contributed by atoms with E-state index in [1.165, 1.54) is 13.2 Å².